The van der Waals surface area contributed by atoms with Gasteiger partial charge in [0, 0.05) is 6.54 Å². The molecule has 0 amide bonds. The molecule has 0 aliphatic carbocycles. The monoisotopic (exact) mass is 253 g/mol. The molecule has 0 saturated carbocycles. The predicted octanol–water partition coefficient (Wildman–Crippen LogP) is 3.18. The molecule has 4 heteroatoms. The van der Waals surface area contributed by atoms with E-state index in [0.29, 0.717) is 0 Å². The number of aromatic nitrogens is 2. The van der Waals surface area contributed by atoms with E-state index in [1.807, 2.05) is 30.3 Å². The molecule has 19 heavy (non-hydrogen) atoms. The Balaban J connectivity index is 1.76. The lowest BCUT2D eigenvalue weighted by Crippen LogP contribution is -1.99. The number of para-hydroxylation sites is 1. The zero-order valence-corrected chi connectivity index (χ0v) is 10.7. The van der Waals surface area contributed by atoms with Gasteiger partial charge >= 0.3 is 0 Å². The number of benzene rings is 2. The topological polar surface area (TPSA) is 49.9 Å². The first kappa shape index (κ1) is 11.6. The fourth-order valence-corrected chi connectivity index (χ4v) is 2.05. The Morgan fingerprint density at radius 2 is 2.00 bits per heavy atom. The number of ether oxygens (including phenoxy) is 1. The number of aromatic amines is 1. The second kappa shape index (κ2) is 5.02. The van der Waals surface area contributed by atoms with Gasteiger partial charge in [-0.25, -0.2) is 4.98 Å². The minimum Gasteiger partial charge on any atom is -0.497 e. The van der Waals surface area contributed by atoms with Crippen molar-refractivity contribution in [2.75, 3.05) is 12.4 Å². The summed E-state index contributed by atoms with van der Waals surface area (Å²) in [4.78, 5) is 7.43. The van der Waals surface area contributed by atoms with E-state index in [1.165, 1.54) is 5.56 Å². The number of hydrogen-bond acceptors (Lipinski definition) is 3. The number of rotatable bonds is 4. The fourth-order valence-electron chi connectivity index (χ4n) is 2.05. The van der Waals surface area contributed by atoms with E-state index in [1.54, 1.807) is 13.4 Å². The molecule has 0 fully saturated rings. The van der Waals surface area contributed by atoms with E-state index in [4.69, 9.17) is 4.74 Å². The third kappa shape index (κ3) is 2.38. The van der Waals surface area contributed by atoms with Crippen molar-refractivity contribution in [3.8, 4) is 5.75 Å². The zero-order valence-electron chi connectivity index (χ0n) is 10.7. The van der Waals surface area contributed by atoms with E-state index in [9.17, 15) is 0 Å². The van der Waals surface area contributed by atoms with Gasteiger partial charge in [0.2, 0.25) is 0 Å². The lowest BCUT2D eigenvalue weighted by Gasteiger charge is -2.08. The van der Waals surface area contributed by atoms with Gasteiger partial charge in [-0.1, -0.05) is 18.2 Å². The van der Waals surface area contributed by atoms with Gasteiger partial charge in [-0.05, 0) is 29.8 Å². The number of fused-ring (bicyclic) bond motifs is 1. The average molecular weight is 253 g/mol. The molecule has 3 aromatic rings. The van der Waals surface area contributed by atoms with E-state index in [2.05, 4.69) is 27.4 Å². The van der Waals surface area contributed by atoms with Crippen LogP contribution in [0.2, 0.25) is 0 Å². The van der Waals surface area contributed by atoms with Crippen molar-refractivity contribution in [2.45, 2.75) is 6.54 Å². The average Bonchev–Trinajstić information content (AvgIpc) is 2.94. The van der Waals surface area contributed by atoms with Gasteiger partial charge in [0.15, 0.2) is 0 Å². The third-order valence-corrected chi connectivity index (χ3v) is 3.09. The van der Waals surface area contributed by atoms with Crippen LogP contribution in [0.25, 0.3) is 11.0 Å². The molecule has 2 N–H and O–H groups in total. The molecule has 4 nitrogen and oxygen atoms in total. The van der Waals surface area contributed by atoms with Crippen LogP contribution in [0.3, 0.4) is 0 Å². The van der Waals surface area contributed by atoms with Crippen molar-refractivity contribution in [1.82, 2.24) is 9.97 Å². The van der Waals surface area contributed by atoms with Crippen LogP contribution in [-0.4, -0.2) is 17.1 Å². The summed E-state index contributed by atoms with van der Waals surface area (Å²) in [6.45, 7) is 0.760. The Morgan fingerprint density at radius 3 is 2.79 bits per heavy atom. The summed E-state index contributed by atoms with van der Waals surface area (Å²) in [6.07, 6.45) is 1.71. The lowest BCUT2D eigenvalue weighted by atomic mass is 10.2. The quantitative estimate of drug-likeness (QED) is 0.750. The van der Waals surface area contributed by atoms with Crippen LogP contribution in [0.4, 0.5) is 5.69 Å². The molecule has 0 atom stereocenters. The molecule has 0 radical (unpaired) electrons. The summed E-state index contributed by atoms with van der Waals surface area (Å²) in [5, 5.41) is 3.40. The number of nitrogens with zero attached hydrogens (tertiary/aromatic N) is 1. The molecule has 2 aromatic carbocycles. The van der Waals surface area contributed by atoms with Crippen LogP contribution in [0, 0.1) is 0 Å². The van der Waals surface area contributed by atoms with Gasteiger partial charge in [0.05, 0.1) is 24.6 Å². The number of imidazole rings is 1. The first-order valence-corrected chi connectivity index (χ1v) is 6.16. The van der Waals surface area contributed by atoms with Gasteiger partial charge in [-0.3, -0.25) is 0 Å². The van der Waals surface area contributed by atoms with Crippen LogP contribution in [0.5, 0.6) is 5.75 Å². The molecule has 0 unspecified atom stereocenters. The summed E-state index contributed by atoms with van der Waals surface area (Å²) in [5.74, 6) is 0.873. The first-order chi connectivity index (χ1) is 9.36. The van der Waals surface area contributed by atoms with Crippen LogP contribution in [0.15, 0.2) is 48.8 Å². The van der Waals surface area contributed by atoms with E-state index < -0.39 is 0 Å². The van der Waals surface area contributed by atoms with Crippen molar-refractivity contribution in [2.24, 2.45) is 0 Å². The third-order valence-electron chi connectivity index (χ3n) is 3.09. The second-order valence-electron chi connectivity index (χ2n) is 4.31. The normalized spacial score (nSPS) is 10.6. The summed E-state index contributed by atoms with van der Waals surface area (Å²) in [7, 11) is 1.67. The van der Waals surface area contributed by atoms with Crippen LogP contribution < -0.4 is 10.1 Å². The van der Waals surface area contributed by atoms with Crippen LogP contribution in [0.1, 0.15) is 5.56 Å². The number of hydrogen-bond donors (Lipinski definition) is 2. The van der Waals surface area contributed by atoms with Gasteiger partial charge in [-0.15, -0.1) is 0 Å². The van der Waals surface area contributed by atoms with Crippen molar-refractivity contribution in [3.63, 3.8) is 0 Å². The molecular formula is C15H15N3O. The molecule has 0 aliphatic rings. The minimum atomic E-state index is 0.760. The molecule has 0 bridgehead atoms. The minimum absolute atomic E-state index is 0.760. The summed E-state index contributed by atoms with van der Waals surface area (Å²) in [5.41, 5.74) is 4.25. The Kier molecular flexibility index (Phi) is 3.06. The molecule has 0 saturated heterocycles. The highest BCUT2D eigenvalue weighted by atomic mass is 16.5. The van der Waals surface area contributed by atoms with E-state index in [0.717, 1.165) is 29.0 Å². The maximum Gasteiger partial charge on any atom is 0.118 e. The molecule has 0 spiro atoms. The van der Waals surface area contributed by atoms with Gasteiger partial charge < -0.3 is 15.0 Å². The van der Waals surface area contributed by atoms with Crippen molar-refractivity contribution < 1.29 is 4.74 Å². The lowest BCUT2D eigenvalue weighted by molar-refractivity contribution is 0.414. The van der Waals surface area contributed by atoms with Gasteiger partial charge in [0.1, 0.15) is 11.3 Å². The van der Waals surface area contributed by atoms with Crippen LogP contribution >= 0.6 is 0 Å². The number of nitrogens with one attached hydrogen (secondary N) is 2. The summed E-state index contributed by atoms with van der Waals surface area (Å²) < 4.78 is 5.14. The number of anilines is 1. The Bertz CT molecular complexity index is 673. The largest absolute Gasteiger partial charge is 0.497 e. The zero-order chi connectivity index (χ0) is 13.1. The van der Waals surface area contributed by atoms with Crippen molar-refractivity contribution in [1.29, 1.82) is 0 Å². The SMILES string of the molecule is COc1ccc(CNc2cccc3[nH]cnc23)cc1. The highest BCUT2D eigenvalue weighted by Gasteiger charge is 2.02. The predicted molar refractivity (Wildman–Crippen MR) is 76.4 cm³/mol. The molecule has 96 valence electrons. The van der Waals surface area contributed by atoms with E-state index >= 15 is 0 Å². The maximum absolute atomic E-state index is 5.14. The van der Waals surface area contributed by atoms with Gasteiger partial charge in [0.25, 0.3) is 0 Å². The molecule has 3 rings (SSSR count). The highest BCUT2D eigenvalue weighted by Crippen LogP contribution is 2.20. The van der Waals surface area contributed by atoms with Gasteiger partial charge in [-0.2, -0.15) is 0 Å². The molecule has 1 aromatic heterocycles. The standard InChI is InChI=1S/C15H15N3O/c1-19-12-7-5-11(6-8-12)9-16-13-3-2-4-14-15(13)18-10-17-14/h2-8,10,16H,9H2,1H3,(H,17,18). The maximum atomic E-state index is 5.14. The summed E-state index contributed by atoms with van der Waals surface area (Å²) in [6, 6.07) is 14.1. The fraction of sp³-hybridized carbons (Fsp3) is 0.133. The first-order valence-electron chi connectivity index (χ1n) is 6.16. The van der Waals surface area contributed by atoms with E-state index in [-0.39, 0.29) is 0 Å². The Labute approximate surface area is 111 Å². The second-order valence-corrected chi connectivity index (χ2v) is 4.31. The molecular weight excluding hydrogens is 238 g/mol. The molecule has 0 aliphatic heterocycles. The number of methoxy groups -OCH3 is 1. The Hall–Kier alpha value is -2.49. The summed E-state index contributed by atoms with van der Waals surface area (Å²) >= 11 is 0. The Morgan fingerprint density at radius 1 is 1.16 bits per heavy atom. The highest BCUT2D eigenvalue weighted by molar-refractivity contribution is 5.87. The van der Waals surface area contributed by atoms with Crippen LogP contribution in [-0.2, 0) is 6.54 Å². The smallest absolute Gasteiger partial charge is 0.118 e. The van der Waals surface area contributed by atoms with Crippen molar-refractivity contribution in [3.05, 3.63) is 54.4 Å². The molecule has 1 heterocycles. The number of H-pyrrole nitrogens is 1. The van der Waals surface area contributed by atoms with Crippen molar-refractivity contribution >= 4 is 16.7 Å².